The standard InChI is InChI=1S/C21H21N3O/c1-14-8-11-18(15(2)12-14)20-19(21(25)22-16-9-10-16)13-24(23-20)17-6-4-3-5-7-17/h3-8,11-13,16H,9-10H2,1-2H3,(H,22,25). The van der Waals surface area contributed by atoms with Crippen molar-refractivity contribution in [2.75, 3.05) is 0 Å². The SMILES string of the molecule is Cc1ccc(-c2nn(-c3ccccc3)cc2C(=O)NC2CC2)c(C)c1. The summed E-state index contributed by atoms with van der Waals surface area (Å²) in [6, 6.07) is 16.4. The number of aromatic nitrogens is 2. The average Bonchev–Trinajstić information content (AvgIpc) is 3.31. The number of nitrogens with one attached hydrogen (secondary N) is 1. The molecule has 0 atom stereocenters. The van der Waals surface area contributed by atoms with Crippen molar-refractivity contribution in [2.45, 2.75) is 32.7 Å². The molecule has 0 aliphatic heterocycles. The van der Waals surface area contributed by atoms with E-state index in [0.717, 1.165) is 35.3 Å². The molecule has 126 valence electrons. The van der Waals surface area contributed by atoms with Crippen molar-refractivity contribution in [3.05, 3.63) is 71.4 Å². The first-order valence-electron chi connectivity index (χ1n) is 8.65. The lowest BCUT2D eigenvalue weighted by Gasteiger charge is -2.07. The van der Waals surface area contributed by atoms with Gasteiger partial charge < -0.3 is 5.32 Å². The second kappa shape index (κ2) is 6.20. The molecule has 1 amide bonds. The number of amides is 1. The van der Waals surface area contributed by atoms with Gasteiger partial charge in [0.1, 0.15) is 5.69 Å². The Labute approximate surface area is 147 Å². The average molecular weight is 331 g/mol. The topological polar surface area (TPSA) is 46.9 Å². The number of benzene rings is 2. The molecule has 0 spiro atoms. The van der Waals surface area contributed by atoms with E-state index in [1.54, 1.807) is 4.68 Å². The van der Waals surface area contributed by atoms with Gasteiger partial charge in [0.05, 0.1) is 11.3 Å². The molecule has 25 heavy (non-hydrogen) atoms. The van der Waals surface area contributed by atoms with Crippen LogP contribution in [-0.4, -0.2) is 21.7 Å². The van der Waals surface area contributed by atoms with Crippen LogP contribution in [0.3, 0.4) is 0 Å². The van der Waals surface area contributed by atoms with Gasteiger partial charge in [0.2, 0.25) is 0 Å². The zero-order valence-electron chi connectivity index (χ0n) is 14.5. The Kier molecular flexibility index (Phi) is 3.88. The van der Waals surface area contributed by atoms with Crippen molar-refractivity contribution < 1.29 is 4.79 Å². The smallest absolute Gasteiger partial charge is 0.255 e. The van der Waals surface area contributed by atoms with Crippen LogP contribution in [-0.2, 0) is 0 Å². The van der Waals surface area contributed by atoms with E-state index < -0.39 is 0 Å². The normalized spacial score (nSPS) is 13.7. The number of carbonyl (C=O) groups is 1. The Morgan fingerprint density at radius 3 is 2.56 bits per heavy atom. The first-order chi connectivity index (χ1) is 12.1. The molecular formula is C21H21N3O. The maximum absolute atomic E-state index is 12.7. The van der Waals surface area contributed by atoms with Crippen LogP contribution in [0, 0.1) is 13.8 Å². The number of carbonyl (C=O) groups excluding carboxylic acids is 1. The minimum Gasteiger partial charge on any atom is -0.349 e. The first kappa shape index (κ1) is 15.6. The van der Waals surface area contributed by atoms with Gasteiger partial charge in [-0.05, 0) is 44.4 Å². The summed E-state index contributed by atoms with van der Waals surface area (Å²) in [5.41, 5.74) is 5.63. The summed E-state index contributed by atoms with van der Waals surface area (Å²) in [6.07, 6.45) is 3.97. The molecule has 2 aromatic carbocycles. The summed E-state index contributed by atoms with van der Waals surface area (Å²) in [7, 11) is 0. The molecule has 0 saturated heterocycles. The predicted octanol–water partition coefficient (Wildman–Crippen LogP) is 4.05. The van der Waals surface area contributed by atoms with Crippen molar-refractivity contribution in [3.63, 3.8) is 0 Å². The molecule has 4 nitrogen and oxygen atoms in total. The monoisotopic (exact) mass is 331 g/mol. The van der Waals surface area contributed by atoms with Crippen LogP contribution in [0.5, 0.6) is 0 Å². The Bertz CT molecular complexity index is 924. The number of hydrogen-bond donors (Lipinski definition) is 1. The lowest BCUT2D eigenvalue weighted by molar-refractivity contribution is 0.0951. The zero-order valence-corrected chi connectivity index (χ0v) is 14.5. The molecule has 0 bridgehead atoms. The number of para-hydroxylation sites is 1. The molecule has 1 aromatic heterocycles. The van der Waals surface area contributed by atoms with E-state index in [1.165, 1.54) is 5.56 Å². The van der Waals surface area contributed by atoms with E-state index in [0.29, 0.717) is 11.6 Å². The van der Waals surface area contributed by atoms with Crippen LogP contribution in [0.2, 0.25) is 0 Å². The molecule has 1 aliphatic rings. The summed E-state index contributed by atoms with van der Waals surface area (Å²) in [5, 5.41) is 7.83. The van der Waals surface area contributed by atoms with Crippen molar-refractivity contribution in [1.29, 1.82) is 0 Å². The van der Waals surface area contributed by atoms with Crippen molar-refractivity contribution in [3.8, 4) is 16.9 Å². The van der Waals surface area contributed by atoms with Gasteiger partial charge in [-0.3, -0.25) is 4.79 Å². The quantitative estimate of drug-likeness (QED) is 0.784. The van der Waals surface area contributed by atoms with Crippen LogP contribution >= 0.6 is 0 Å². The Hall–Kier alpha value is -2.88. The van der Waals surface area contributed by atoms with Crippen LogP contribution in [0.1, 0.15) is 34.3 Å². The molecule has 1 N–H and O–H groups in total. The maximum atomic E-state index is 12.7. The molecule has 1 fully saturated rings. The highest BCUT2D eigenvalue weighted by Crippen LogP contribution is 2.28. The Morgan fingerprint density at radius 1 is 1.12 bits per heavy atom. The molecule has 0 radical (unpaired) electrons. The lowest BCUT2D eigenvalue weighted by atomic mass is 10.0. The van der Waals surface area contributed by atoms with Crippen LogP contribution < -0.4 is 5.32 Å². The van der Waals surface area contributed by atoms with Gasteiger partial charge in [0, 0.05) is 17.8 Å². The molecular weight excluding hydrogens is 310 g/mol. The highest BCUT2D eigenvalue weighted by atomic mass is 16.1. The molecule has 4 heteroatoms. The summed E-state index contributed by atoms with van der Waals surface area (Å²) < 4.78 is 1.79. The third-order valence-electron chi connectivity index (χ3n) is 4.53. The maximum Gasteiger partial charge on any atom is 0.255 e. The van der Waals surface area contributed by atoms with E-state index in [-0.39, 0.29) is 5.91 Å². The van der Waals surface area contributed by atoms with E-state index in [4.69, 9.17) is 5.10 Å². The van der Waals surface area contributed by atoms with E-state index in [9.17, 15) is 4.79 Å². The summed E-state index contributed by atoms with van der Waals surface area (Å²) in [5.74, 6) is -0.0420. The largest absolute Gasteiger partial charge is 0.349 e. The van der Waals surface area contributed by atoms with Gasteiger partial charge in [0.25, 0.3) is 5.91 Å². The van der Waals surface area contributed by atoms with Gasteiger partial charge in [-0.15, -0.1) is 0 Å². The van der Waals surface area contributed by atoms with Gasteiger partial charge in [0.15, 0.2) is 0 Å². The fraction of sp³-hybridized carbons (Fsp3) is 0.238. The third-order valence-corrected chi connectivity index (χ3v) is 4.53. The molecule has 1 saturated carbocycles. The highest BCUT2D eigenvalue weighted by Gasteiger charge is 2.27. The molecule has 1 heterocycles. The second-order valence-electron chi connectivity index (χ2n) is 6.74. The second-order valence-corrected chi connectivity index (χ2v) is 6.74. The van der Waals surface area contributed by atoms with Crippen LogP contribution in [0.4, 0.5) is 0 Å². The van der Waals surface area contributed by atoms with E-state index >= 15 is 0 Å². The highest BCUT2D eigenvalue weighted by molar-refractivity contribution is 6.00. The van der Waals surface area contributed by atoms with E-state index in [2.05, 4.69) is 37.4 Å². The number of hydrogen-bond acceptors (Lipinski definition) is 2. The first-order valence-corrected chi connectivity index (χ1v) is 8.65. The molecule has 0 unspecified atom stereocenters. The van der Waals surface area contributed by atoms with Crippen LogP contribution in [0.15, 0.2) is 54.7 Å². The van der Waals surface area contributed by atoms with E-state index in [1.807, 2.05) is 36.5 Å². The number of nitrogens with zero attached hydrogens (tertiary/aromatic N) is 2. The van der Waals surface area contributed by atoms with Gasteiger partial charge in [-0.2, -0.15) is 5.10 Å². The fourth-order valence-electron chi connectivity index (χ4n) is 3.02. The minimum atomic E-state index is -0.0420. The van der Waals surface area contributed by atoms with Crippen molar-refractivity contribution >= 4 is 5.91 Å². The summed E-state index contributed by atoms with van der Waals surface area (Å²) >= 11 is 0. The van der Waals surface area contributed by atoms with Gasteiger partial charge >= 0.3 is 0 Å². The lowest BCUT2D eigenvalue weighted by Crippen LogP contribution is -2.25. The Balaban J connectivity index is 1.82. The van der Waals surface area contributed by atoms with Crippen LogP contribution in [0.25, 0.3) is 16.9 Å². The number of aryl methyl sites for hydroxylation is 2. The van der Waals surface area contributed by atoms with Gasteiger partial charge in [-0.25, -0.2) is 4.68 Å². The Morgan fingerprint density at radius 2 is 1.88 bits per heavy atom. The molecule has 4 rings (SSSR count). The minimum absolute atomic E-state index is 0.0420. The number of rotatable bonds is 4. The van der Waals surface area contributed by atoms with Crippen molar-refractivity contribution in [1.82, 2.24) is 15.1 Å². The predicted molar refractivity (Wildman–Crippen MR) is 99.0 cm³/mol. The third kappa shape index (κ3) is 3.20. The zero-order chi connectivity index (χ0) is 17.4. The summed E-state index contributed by atoms with van der Waals surface area (Å²) in [6.45, 7) is 4.13. The van der Waals surface area contributed by atoms with Gasteiger partial charge in [-0.1, -0.05) is 42.0 Å². The molecule has 3 aromatic rings. The fourth-order valence-corrected chi connectivity index (χ4v) is 3.02. The summed E-state index contributed by atoms with van der Waals surface area (Å²) in [4.78, 5) is 12.7. The van der Waals surface area contributed by atoms with Crippen molar-refractivity contribution in [2.24, 2.45) is 0 Å². The molecule has 1 aliphatic carbocycles.